The van der Waals surface area contributed by atoms with E-state index in [1.54, 1.807) is 6.20 Å². The molecule has 0 N–H and O–H groups in total. The molecule has 0 unspecified atom stereocenters. The smallest absolute Gasteiger partial charge is 0.214 e. The van der Waals surface area contributed by atoms with Crippen LogP contribution in [0.4, 0.5) is 0 Å². The third kappa shape index (κ3) is 2.11. The summed E-state index contributed by atoms with van der Waals surface area (Å²) in [5.74, 6) is 1.89. The maximum atomic E-state index is 11.9. The van der Waals surface area contributed by atoms with E-state index in [0.29, 0.717) is 13.0 Å². The van der Waals surface area contributed by atoms with E-state index in [2.05, 4.69) is 9.55 Å². The van der Waals surface area contributed by atoms with Gasteiger partial charge in [0.25, 0.3) is 0 Å². The lowest BCUT2D eigenvalue weighted by atomic mass is 9.97. The number of aryl methyl sites for hydroxylation is 2. The van der Waals surface area contributed by atoms with Gasteiger partial charge in [-0.05, 0) is 25.8 Å². The van der Waals surface area contributed by atoms with E-state index in [0.717, 1.165) is 47.9 Å². The van der Waals surface area contributed by atoms with Crippen LogP contribution in [0.2, 0.25) is 0 Å². The zero-order valence-electron chi connectivity index (χ0n) is 11.4. The fourth-order valence-electron chi connectivity index (χ4n) is 2.73. The molecule has 0 aliphatic heterocycles. The first-order valence-electron chi connectivity index (χ1n) is 6.84. The first kappa shape index (κ1) is 12.2. The average molecular weight is 258 g/mol. The van der Waals surface area contributed by atoms with Gasteiger partial charge in [-0.2, -0.15) is 0 Å². The van der Waals surface area contributed by atoms with Crippen molar-refractivity contribution in [3.8, 4) is 0 Å². The highest BCUT2D eigenvalue weighted by Gasteiger charge is 2.23. The number of rotatable bonds is 3. The van der Waals surface area contributed by atoms with Crippen LogP contribution in [0.15, 0.2) is 16.7 Å². The third-order valence-corrected chi connectivity index (χ3v) is 3.78. The Balaban J connectivity index is 1.94. The second-order valence-corrected chi connectivity index (χ2v) is 5.08. The quantitative estimate of drug-likeness (QED) is 0.850. The van der Waals surface area contributed by atoms with Crippen molar-refractivity contribution >= 4 is 5.78 Å². The Morgan fingerprint density at radius 2 is 2.26 bits per heavy atom. The fraction of sp³-hybridized carbons (Fsp3) is 0.467. The van der Waals surface area contributed by atoms with Crippen molar-refractivity contribution in [2.75, 3.05) is 0 Å². The molecule has 1 aliphatic carbocycles. The molecule has 0 bridgehead atoms. The Bertz CT molecular complexity index is 622. The summed E-state index contributed by atoms with van der Waals surface area (Å²) in [6, 6.07) is 2.00. The van der Waals surface area contributed by atoms with E-state index in [1.807, 2.05) is 19.9 Å². The molecular weight excluding hydrogens is 240 g/mol. The van der Waals surface area contributed by atoms with E-state index in [9.17, 15) is 4.79 Å². The molecule has 19 heavy (non-hydrogen) atoms. The zero-order chi connectivity index (χ0) is 13.4. The normalized spacial score (nSPS) is 14.7. The van der Waals surface area contributed by atoms with Crippen LogP contribution >= 0.6 is 0 Å². The molecule has 2 aromatic rings. The summed E-state index contributed by atoms with van der Waals surface area (Å²) >= 11 is 0. The molecule has 0 saturated carbocycles. The second-order valence-electron chi connectivity index (χ2n) is 5.08. The van der Waals surface area contributed by atoms with Gasteiger partial charge in [-0.1, -0.05) is 6.92 Å². The molecule has 0 spiro atoms. The minimum atomic E-state index is 0.268. The summed E-state index contributed by atoms with van der Waals surface area (Å²) in [6.07, 6.45) is 5.23. The van der Waals surface area contributed by atoms with Gasteiger partial charge >= 0.3 is 0 Å². The SMILES string of the molecule is CCc1cnc(Cn2c(C)cc3c2CCCC3=O)o1. The number of fused-ring (bicyclic) bond motifs is 1. The van der Waals surface area contributed by atoms with Gasteiger partial charge < -0.3 is 8.98 Å². The molecule has 0 fully saturated rings. The number of oxazole rings is 1. The number of Topliss-reactive ketones (excluding diaryl/α,β-unsaturated/α-hetero) is 1. The number of carbonyl (C=O) groups is 1. The molecule has 1 aliphatic rings. The fourth-order valence-corrected chi connectivity index (χ4v) is 2.73. The molecule has 0 atom stereocenters. The summed E-state index contributed by atoms with van der Waals surface area (Å²) < 4.78 is 7.83. The maximum absolute atomic E-state index is 11.9. The molecule has 0 amide bonds. The highest BCUT2D eigenvalue weighted by Crippen LogP contribution is 2.25. The van der Waals surface area contributed by atoms with E-state index >= 15 is 0 Å². The standard InChI is InChI=1S/C15H18N2O2/c1-3-11-8-16-15(19-11)9-17-10(2)7-12-13(17)5-4-6-14(12)18/h7-8H,3-6,9H2,1-2H3. The molecule has 2 heterocycles. The van der Waals surface area contributed by atoms with Crippen molar-refractivity contribution in [2.24, 2.45) is 0 Å². The minimum absolute atomic E-state index is 0.268. The van der Waals surface area contributed by atoms with Crippen molar-refractivity contribution in [1.29, 1.82) is 0 Å². The highest BCUT2D eigenvalue weighted by atomic mass is 16.4. The Morgan fingerprint density at radius 3 is 3.00 bits per heavy atom. The molecular formula is C15H18N2O2. The Labute approximate surface area is 112 Å². The van der Waals surface area contributed by atoms with E-state index in [4.69, 9.17) is 4.42 Å². The van der Waals surface area contributed by atoms with Crippen LogP contribution in [0.5, 0.6) is 0 Å². The van der Waals surface area contributed by atoms with Crippen molar-refractivity contribution in [3.63, 3.8) is 0 Å². The molecule has 4 nitrogen and oxygen atoms in total. The van der Waals surface area contributed by atoms with Crippen molar-refractivity contribution < 1.29 is 9.21 Å². The Kier molecular flexibility index (Phi) is 3.01. The van der Waals surface area contributed by atoms with Gasteiger partial charge in [0.2, 0.25) is 5.89 Å². The number of ketones is 1. The van der Waals surface area contributed by atoms with E-state index in [-0.39, 0.29) is 5.78 Å². The van der Waals surface area contributed by atoms with Crippen LogP contribution in [-0.4, -0.2) is 15.3 Å². The average Bonchev–Trinajstić information content (AvgIpc) is 2.97. The highest BCUT2D eigenvalue weighted by molar-refractivity contribution is 5.98. The van der Waals surface area contributed by atoms with Gasteiger partial charge in [-0.25, -0.2) is 4.98 Å². The molecule has 0 saturated heterocycles. The van der Waals surface area contributed by atoms with Gasteiger partial charge in [0.15, 0.2) is 5.78 Å². The van der Waals surface area contributed by atoms with Crippen LogP contribution in [0.25, 0.3) is 0 Å². The lowest BCUT2D eigenvalue weighted by Crippen LogP contribution is -2.14. The van der Waals surface area contributed by atoms with Crippen LogP contribution in [0, 0.1) is 6.92 Å². The van der Waals surface area contributed by atoms with E-state index < -0.39 is 0 Å². The molecule has 100 valence electrons. The predicted octanol–water partition coefficient (Wildman–Crippen LogP) is 2.91. The van der Waals surface area contributed by atoms with Gasteiger partial charge in [0.1, 0.15) is 5.76 Å². The molecule has 0 aromatic carbocycles. The predicted molar refractivity (Wildman–Crippen MR) is 71.4 cm³/mol. The van der Waals surface area contributed by atoms with Crippen LogP contribution < -0.4 is 0 Å². The second kappa shape index (κ2) is 4.68. The van der Waals surface area contributed by atoms with Crippen molar-refractivity contribution in [2.45, 2.75) is 46.1 Å². The van der Waals surface area contributed by atoms with Crippen LogP contribution in [0.3, 0.4) is 0 Å². The number of nitrogens with zero attached hydrogens (tertiary/aromatic N) is 2. The van der Waals surface area contributed by atoms with E-state index in [1.165, 1.54) is 0 Å². The zero-order valence-corrected chi connectivity index (χ0v) is 11.4. The topological polar surface area (TPSA) is 48.0 Å². The molecule has 0 radical (unpaired) electrons. The summed E-state index contributed by atoms with van der Waals surface area (Å²) in [5, 5.41) is 0. The first-order valence-corrected chi connectivity index (χ1v) is 6.84. The number of carbonyl (C=O) groups excluding carboxylic acids is 1. The molecule has 3 rings (SSSR count). The summed E-state index contributed by atoms with van der Waals surface area (Å²) in [5.41, 5.74) is 3.15. The van der Waals surface area contributed by atoms with Gasteiger partial charge in [0.05, 0.1) is 12.7 Å². The number of hydrogen-bond donors (Lipinski definition) is 0. The maximum Gasteiger partial charge on any atom is 0.214 e. The Hall–Kier alpha value is -1.84. The van der Waals surface area contributed by atoms with Crippen LogP contribution in [0.1, 0.15) is 53.2 Å². The summed E-state index contributed by atoms with van der Waals surface area (Å²) in [4.78, 5) is 16.2. The lowest BCUT2D eigenvalue weighted by molar-refractivity contribution is 0.0971. The monoisotopic (exact) mass is 258 g/mol. The third-order valence-electron chi connectivity index (χ3n) is 3.78. The largest absolute Gasteiger partial charge is 0.444 e. The van der Waals surface area contributed by atoms with Gasteiger partial charge in [-0.15, -0.1) is 0 Å². The van der Waals surface area contributed by atoms with Gasteiger partial charge in [-0.3, -0.25) is 4.79 Å². The summed E-state index contributed by atoms with van der Waals surface area (Å²) in [7, 11) is 0. The Morgan fingerprint density at radius 1 is 1.42 bits per heavy atom. The van der Waals surface area contributed by atoms with Crippen LogP contribution in [-0.2, 0) is 19.4 Å². The summed E-state index contributed by atoms with van der Waals surface area (Å²) in [6.45, 7) is 4.70. The molecule has 4 heteroatoms. The van der Waals surface area contributed by atoms with Crippen molar-refractivity contribution in [3.05, 3.63) is 40.9 Å². The first-order chi connectivity index (χ1) is 9.19. The van der Waals surface area contributed by atoms with Gasteiger partial charge in [0, 0.05) is 29.8 Å². The molecule has 2 aromatic heterocycles. The van der Waals surface area contributed by atoms with Crippen molar-refractivity contribution in [1.82, 2.24) is 9.55 Å². The number of aromatic nitrogens is 2. The number of hydrogen-bond acceptors (Lipinski definition) is 3. The minimum Gasteiger partial charge on any atom is -0.444 e. The lowest BCUT2D eigenvalue weighted by Gasteiger charge is -2.14.